The van der Waals surface area contributed by atoms with Crippen molar-refractivity contribution in [3.05, 3.63) is 76.1 Å². The van der Waals surface area contributed by atoms with Crippen molar-refractivity contribution in [2.24, 2.45) is 5.73 Å². The summed E-state index contributed by atoms with van der Waals surface area (Å²) in [6.45, 7) is 6.11. The molecule has 3 heteroatoms. The first-order chi connectivity index (χ1) is 10.9. The number of hydrogen-bond acceptors (Lipinski definition) is 1. The summed E-state index contributed by atoms with van der Waals surface area (Å²) in [5, 5.41) is 0.636. The molecule has 0 saturated heterocycles. The lowest BCUT2D eigenvalue weighted by Crippen LogP contribution is -2.15. The molecule has 118 valence electrons. The van der Waals surface area contributed by atoms with Crippen LogP contribution in [0, 0.1) is 5.82 Å². The Hall–Kier alpha value is -2.06. The second-order valence-corrected chi connectivity index (χ2v) is 6.78. The van der Waals surface area contributed by atoms with Crippen LogP contribution in [-0.2, 0) is 5.41 Å². The van der Waals surface area contributed by atoms with E-state index in [4.69, 9.17) is 17.3 Å². The topological polar surface area (TPSA) is 26.0 Å². The van der Waals surface area contributed by atoms with E-state index < -0.39 is 0 Å². The van der Waals surface area contributed by atoms with Crippen molar-refractivity contribution in [2.75, 3.05) is 0 Å². The summed E-state index contributed by atoms with van der Waals surface area (Å²) in [6.07, 6.45) is 5.68. The van der Waals surface area contributed by atoms with Crippen molar-refractivity contribution in [1.82, 2.24) is 0 Å². The summed E-state index contributed by atoms with van der Waals surface area (Å²) >= 11 is 6.33. The molecule has 0 unspecified atom stereocenters. The molecule has 0 saturated carbocycles. The van der Waals surface area contributed by atoms with Gasteiger partial charge in [0, 0.05) is 21.7 Å². The van der Waals surface area contributed by atoms with Gasteiger partial charge in [0.15, 0.2) is 0 Å². The Bertz CT molecular complexity index is 847. The van der Waals surface area contributed by atoms with Crippen LogP contribution in [0.4, 0.5) is 4.39 Å². The number of allylic oxidation sites excluding steroid dienone is 3. The predicted molar refractivity (Wildman–Crippen MR) is 96.0 cm³/mol. The Morgan fingerprint density at radius 1 is 1.17 bits per heavy atom. The summed E-state index contributed by atoms with van der Waals surface area (Å²) in [5.41, 5.74) is 11.6. The molecule has 2 aromatic rings. The van der Waals surface area contributed by atoms with Gasteiger partial charge < -0.3 is 5.73 Å². The number of hydrogen-bond donors (Lipinski definition) is 1. The lowest BCUT2D eigenvalue weighted by atomic mass is 9.82. The van der Waals surface area contributed by atoms with E-state index in [2.05, 4.69) is 13.8 Å². The molecule has 0 fully saturated rings. The Balaban J connectivity index is 2.36. The fourth-order valence-corrected chi connectivity index (χ4v) is 3.52. The minimum absolute atomic E-state index is 0.227. The highest BCUT2D eigenvalue weighted by atomic mass is 35.5. The van der Waals surface area contributed by atoms with Crippen LogP contribution in [-0.4, -0.2) is 0 Å². The van der Waals surface area contributed by atoms with Gasteiger partial charge in [0.1, 0.15) is 5.82 Å². The van der Waals surface area contributed by atoms with Crippen LogP contribution < -0.4 is 5.73 Å². The molecular weight excluding hydrogens is 309 g/mol. The van der Waals surface area contributed by atoms with Crippen molar-refractivity contribution in [3.8, 4) is 11.1 Å². The quantitative estimate of drug-likeness (QED) is 0.707. The largest absolute Gasteiger partial charge is 0.398 e. The van der Waals surface area contributed by atoms with Gasteiger partial charge in [0.2, 0.25) is 0 Å². The van der Waals surface area contributed by atoms with Gasteiger partial charge in [-0.2, -0.15) is 0 Å². The van der Waals surface area contributed by atoms with Crippen molar-refractivity contribution < 1.29 is 4.39 Å². The van der Waals surface area contributed by atoms with Crippen LogP contribution in [0.2, 0.25) is 5.02 Å². The van der Waals surface area contributed by atoms with Crippen molar-refractivity contribution in [3.63, 3.8) is 0 Å². The highest BCUT2D eigenvalue weighted by Crippen LogP contribution is 2.51. The molecule has 23 heavy (non-hydrogen) atoms. The zero-order valence-corrected chi connectivity index (χ0v) is 14.2. The summed E-state index contributed by atoms with van der Waals surface area (Å²) in [6, 6.07) is 8.78. The zero-order chi connectivity index (χ0) is 16.8. The molecule has 0 atom stereocenters. The first kappa shape index (κ1) is 15.8. The molecule has 0 spiro atoms. The van der Waals surface area contributed by atoms with Gasteiger partial charge in [0.05, 0.1) is 0 Å². The number of halogens is 2. The van der Waals surface area contributed by atoms with E-state index in [1.54, 1.807) is 6.07 Å². The van der Waals surface area contributed by atoms with Crippen LogP contribution in [0.25, 0.3) is 16.8 Å². The van der Waals surface area contributed by atoms with Crippen molar-refractivity contribution in [2.45, 2.75) is 26.2 Å². The Morgan fingerprint density at radius 2 is 1.91 bits per heavy atom. The van der Waals surface area contributed by atoms with E-state index >= 15 is 0 Å². The summed E-state index contributed by atoms with van der Waals surface area (Å²) in [4.78, 5) is 0. The highest BCUT2D eigenvalue weighted by molar-refractivity contribution is 6.31. The highest BCUT2D eigenvalue weighted by Gasteiger charge is 2.37. The molecule has 2 aromatic carbocycles. The van der Waals surface area contributed by atoms with Gasteiger partial charge in [-0.15, -0.1) is 0 Å². The maximum absolute atomic E-state index is 13.8. The summed E-state index contributed by atoms with van der Waals surface area (Å²) in [5.74, 6) is -0.227. The third kappa shape index (κ3) is 2.47. The number of fused-ring (bicyclic) bond motifs is 3. The van der Waals surface area contributed by atoms with E-state index in [0.717, 1.165) is 27.8 Å². The molecule has 1 nitrogen and oxygen atoms in total. The molecular formula is C20H19ClFN. The minimum Gasteiger partial charge on any atom is -0.398 e. The van der Waals surface area contributed by atoms with Crippen molar-refractivity contribution in [1.29, 1.82) is 0 Å². The average Bonchev–Trinajstić information content (AvgIpc) is 2.72. The third-order valence-corrected chi connectivity index (χ3v) is 4.70. The van der Waals surface area contributed by atoms with Crippen LogP contribution in [0.15, 0.2) is 48.6 Å². The Kier molecular flexibility index (Phi) is 3.81. The summed E-state index contributed by atoms with van der Waals surface area (Å²) < 4.78 is 13.8. The predicted octanol–water partition coefficient (Wildman–Crippen LogP) is 5.66. The molecule has 0 bridgehead atoms. The second kappa shape index (κ2) is 5.54. The van der Waals surface area contributed by atoms with Crippen LogP contribution in [0.1, 0.15) is 37.5 Å². The van der Waals surface area contributed by atoms with Crippen molar-refractivity contribution >= 4 is 17.3 Å². The number of benzene rings is 2. The minimum atomic E-state index is -0.312. The normalized spacial score (nSPS) is 15.8. The molecule has 0 aliphatic heterocycles. The molecule has 1 aliphatic rings. The van der Waals surface area contributed by atoms with E-state index in [0.29, 0.717) is 10.7 Å². The lowest BCUT2D eigenvalue weighted by molar-refractivity contribution is 0.609. The maximum Gasteiger partial charge on any atom is 0.123 e. The van der Waals surface area contributed by atoms with Gasteiger partial charge in [-0.3, -0.25) is 0 Å². The van der Waals surface area contributed by atoms with E-state index in [1.165, 1.54) is 6.07 Å². The molecule has 0 amide bonds. The van der Waals surface area contributed by atoms with Gasteiger partial charge in [-0.25, -0.2) is 4.39 Å². The second-order valence-electron chi connectivity index (χ2n) is 6.34. The van der Waals surface area contributed by atoms with Crippen LogP contribution >= 0.6 is 11.6 Å². The SMILES string of the molecule is C/C=C\C=C(/N)c1cc(Cl)cc2c1-c1ccc(F)cc1C2(C)C. The first-order valence-electron chi connectivity index (χ1n) is 7.59. The number of nitrogens with two attached hydrogens (primary N) is 1. The smallest absolute Gasteiger partial charge is 0.123 e. The Morgan fingerprint density at radius 3 is 2.61 bits per heavy atom. The van der Waals surface area contributed by atoms with Gasteiger partial charge in [0.25, 0.3) is 0 Å². The van der Waals surface area contributed by atoms with Crippen LogP contribution in [0.5, 0.6) is 0 Å². The van der Waals surface area contributed by atoms with Crippen LogP contribution in [0.3, 0.4) is 0 Å². The van der Waals surface area contributed by atoms with Gasteiger partial charge >= 0.3 is 0 Å². The summed E-state index contributed by atoms with van der Waals surface area (Å²) in [7, 11) is 0. The Labute approximate surface area is 141 Å². The first-order valence-corrected chi connectivity index (χ1v) is 7.97. The fourth-order valence-electron chi connectivity index (χ4n) is 3.30. The van der Waals surface area contributed by atoms with Gasteiger partial charge in [-0.1, -0.05) is 43.7 Å². The van der Waals surface area contributed by atoms with E-state index in [1.807, 2.05) is 43.4 Å². The molecule has 1 aliphatic carbocycles. The van der Waals surface area contributed by atoms with Gasteiger partial charge in [-0.05, 0) is 59.5 Å². The molecule has 2 N–H and O–H groups in total. The van der Waals surface area contributed by atoms with E-state index in [-0.39, 0.29) is 11.2 Å². The monoisotopic (exact) mass is 327 g/mol. The average molecular weight is 328 g/mol. The molecule has 3 rings (SSSR count). The third-order valence-electron chi connectivity index (χ3n) is 4.48. The maximum atomic E-state index is 13.8. The van der Waals surface area contributed by atoms with E-state index in [9.17, 15) is 4.39 Å². The molecule has 0 aromatic heterocycles. The number of rotatable bonds is 2. The zero-order valence-electron chi connectivity index (χ0n) is 13.5. The molecule has 0 heterocycles. The fraction of sp³-hybridized carbons (Fsp3) is 0.200. The standard InChI is InChI=1S/C20H19ClFN/c1-4-5-6-18(23)15-9-12(21)10-17-19(15)14-8-7-13(22)11-16(14)20(17,2)3/h4-11H,23H2,1-3H3/b5-4-,18-6-. The lowest BCUT2D eigenvalue weighted by Gasteiger charge is -2.22. The molecule has 0 radical (unpaired) electrons.